The van der Waals surface area contributed by atoms with E-state index in [1.807, 2.05) is 45.3 Å². The molecule has 0 radical (unpaired) electrons. The second kappa shape index (κ2) is 8.10. The minimum atomic E-state index is 0.240. The number of nitrogens with zero attached hydrogens (tertiary/aromatic N) is 3. The van der Waals surface area contributed by atoms with Crippen LogP contribution in [0.15, 0.2) is 42.0 Å². The molecule has 0 bridgehead atoms. The van der Waals surface area contributed by atoms with Crippen LogP contribution in [0.2, 0.25) is 0 Å². The maximum absolute atomic E-state index is 12.3. The number of thiazole rings is 1. The van der Waals surface area contributed by atoms with Gasteiger partial charge in [-0.1, -0.05) is 12.1 Å². The standard InChI is InChI=1S/C20H24N4O2S/c1-26-18-4-2-3-15(11-18)12-21-8-7-17-5-6-19(25)24(17)14-16-13-23-9-10-27-20(23)22-16/h2-4,9-11,13,17,21H,5-8,12,14H2,1H3. The molecule has 3 aromatic rings. The van der Waals surface area contributed by atoms with E-state index < -0.39 is 0 Å². The third kappa shape index (κ3) is 4.14. The fourth-order valence-corrected chi connectivity index (χ4v) is 4.34. The van der Waals surface area contributed by atoms with Crippen LogP contribution in [0.25, 0.3) is 4.96 Å². The fraction of sp³-hybridized carbons (Fsp3) is 0.400. The van der Waals surface area contributed by atoms with E-state index in [1.165, 1.54) is 5.56 Å². The normalized spacial score (nSPS) is 17.1. The molecule has 27 heavy (non-hydrogen) atoms. The first kappa shape index (κ1) is 18.0. The van der Waals surface area contributed by atoms with Crippen LogP contribution < -0.4 is 10.1 Å². The number of carbonyl (C=O) groups excluding carboxylic acids is 1. The molecule has 1 aliphatic heterocycles. The van der Waals surface area contributed by atoms with Crippen molar-refractivity contribution in [3.8, 4) is 5.75 Å². The first-order valence-electron chi connectivity index (χ1n) is 9.27. The number of amides is 1. The number of likely N-dealkylation sites (tertiary alicyclic amines) is 1. The second-order valence-electron chi connectivity index (χ2n) is 6.86. The van der Waals surface area contributed by atoms with Crippen molar-refractivity contribution in [2.24, 2.45) is 0 Å². The molecule has 1 N–H and O–H groups in total. The van der Waals surface area contributed by atoms with Crippen LogP contribution in [-0.4, -0.2) is 39.9 Å². The topological polar surface area (TPSA) is 58.9 Å². The first-order valence-corrected chi connectivity index (χ1v) is 10.1. The summed E-state index contributed by atoms with van der Waals surface area (Å²) in [5.74, 6) is 1.12. The molecule has 1 aliphatic rings. The van der Waals surface area contributed by atoms with Crippen LogP contribution in [0, 0.1) is 0 Å². The minimum absolute atomic E-state index is 0.240. The highest BCUT2D eigenvalue weighted by molar-refractivity contribution is 7.15. The van der Waals surface area contributed by atoms with Crippen molar-refractivity contribution in [1.29, 1.82) is 0 Å². The largest absolute Gasteiger partial charge is 0.497 e. The van der Waals surface area contributed by atoms with Crippen LogP contribution >= 0.6 is 11.3 Å². The molecular weight excluding hydrogens is 360 g/mol. The maximum Gasteiger partial charge on any atom is 0.223 e. The molecule has 1 amide bonds. The Morgan fingerprint density at radius 3 is 3.19 bits per heavy atom. The van der Waals surface area contributed by atoms with E-state index in [0.717, 1.165) is 42.3 Å². The third-order valence-electron chi connectivity index (χ3n) is 5.05. The number of nitrogens with one attached hydrogen (secondary N) is 1. The summed E-state index contributed by atoms with van der Waals surface area (Å²) >= 11 is 1.61. The molecule has 1 saturated heterocycles. The summed E-state index contributed by atoms with van der Waals surface area (Å²) in [5, 5.41) is 5.50. The van der Waals surface area contributed by atoms with E-state index in [9.17, 15) is 4.79 Å². The van der Waals surface area contributed by atoms with Crippen LogP contribution in [0.3, 0.4) is 0 Å². The lowest BCUT2D eigenvalue weighted by molar-refractivity contribution is -0.129. The van der Waals surface area contributed by atoms with E-state index in [0.29, 0.717) is 13.0 Å². The highest BCUT2D eigenvalue weighted by Gasteiger charge is 2.30. The Kier molecular flexibility index (Phi) is 5.40. The van der Waals surface area contributed by atoms with Gasteiger partial charge < -0.3 is 15.0 Å². The molecule has 0 spiro atoms. The van der Waals surface area contributed by atoms with Gasteiger partial charge in [0.15, 0.2) is 4.96 Å². The lowest BCUT2D eigenvalue weighted by Crippen LogP contribution is -2.34. The third-order valence-corrected chi connectivity index (χ3v) is 5.82. The number of benzene rings is 1. The number of ether oxygens (including phenoxy) is 1. The first-order chi connectivity index (χ1) is 13.2. The van der Waals surface area contributed by atoms with Gasteiger partial charge in [0.05, 0.1) is 19.3 Å². The quantitative estimate of drug-likeness (QED) is 0.607. The van der Waals surface area contributed by atoms with Gasteiger partial charge in [-0.25, -0.2) is 4.98 Å². The van der Waals surface area contributed by atoms with Gasteiger partial charge in [-0.05, 0) is 37.1 Å². The molecule has 2 aromatic heterocycles. The van der Waals surface area contributed by atoms with Gasteiger partial charge in [-0.15, -0.1) is 11.3 Å². The Morgan fingerprint density at radius 2 is 2.33 bits per heavy atom. The van der Waals surface area contributed by atoms with Crippen molar-refractivity contribution in [1.82, 2.24) is 19.6 Å². The number of hydrogen-bond acceptors (Lipinski definition) is 5. The van der Waals surface area contributed by atoms with Gasteiger partial charge in [-0.2, -0.15) is 0 Å². The van der Waals surface area contributed by atoms with Crippen LogP contribution in [0.1, 0.15) is 30.5 Å². The predicted molar refractivity (Wildman–Crippen MR) is 106 cm³/mol. The zero-order valence-electron chi connectivity index (χ0n) is 15.4. The number of imidazole rings is 1. The molecule has 1 aromatic carbocycles. The Morgan fingerprint density at radius 1 is 1.41 bits per heavy atom. The number of fused-ring (bicyclic) bond motifs is 1. The minimum Gasteiger partial charge on any atom is -0.497 e. The van der Waals surface area contributed by atoms with E-state index in [-0.39, 0.29) is 11.9 Å². The average Bonchev–Trinajstić information content (AvgIpc) is 3.36. The summed E-state index contributed by atoms with van der Waals surface area (Å²) in [6, 6.07) is 8.37. The average molecular weight is 385 g/mol. The molecule has 1 atom stereocenters. The molecular formula is C20H24N4O2S. The summed E-state index contributed by atoms with van der Waals surface area (Å²) in [6.45, 7) is 2.28. The van der Waals surface area contributed by atoms with Crippen molar-refractivity contribution >= 4 is 22.2 Å². The van der Waals surface area contributed by atoms with Gasteiger partial charge in [-0.3, -0.25) is 9.20 Å². The Bertz CT molecular complexity index is 891. The zero-order valence-corrected chi connectivity index (χ0v) is 16.2. The van der Waals surface area contributed by atoms with Crippen LogP contribution in [0.4, 0.5) is 0 Å². The summed E-state index contributed by atoms with van der Waals surface area (Å²) in [5.41, 5.74) is 2.17. The highest BCUT2D eigenvalue weighted by atomic mass is 32.1. The Hall–Kier alpha value is -2.38. The second-order valence-corrected chi connectivity index (χ2v) is 7.73. The van der Waals surface area contributed by atoms with Crippen LogP contribution in [-0.2, 0) is 17.9 Å². The lowest BCUT2D eigenvalue weighted by atomic mass is 10.1. The fourth-order valence-electron chi connectivity index (χ4n) is 3.62. The molecule has 142 valence electrons. The van der Waals surface area contributed by atoms with Gasteiger partial charge >= 0.3 is 0 Å². The van der Waals surface area contributed by atoms with E-state index in [1.54, 1.807) is 18.4 Å². The lowest BCUT2D eigenvalue weighted by Gasteiger charge is -2.24. The summed E-state index contributed by atoms with van der Waals surface area (Å²) in [6.07, 6.45) is 6.56. The summed E-state index contributed by atoms with van der Waals surface area (Å²) < 4.78 is 7.28. The summed E-state index contributed by atoms with van der Waals surface area (Å²) in [7, 11) is 1.68. The molecule has 4 rings (SSSR count). The molecule has 7 heteroatoms. The zero-order chi connectivity index (χ0) is 18.6. The predicted octanol–water partition coefficient (Wildman–Crippen LogP) is 3.08. The smallest absolute Gasteiger partial charge is 0.223 e. The van der Waals surface area contributed by atoms with Gasteiger partial charge in [0.25, 0.3) is 0 Å². The molecule has 0 saturated carbocycles. The molecule has 3 heterocycles. The van der Waals surface area contributed by atoms with E-state index in [4.69, 9.17) is 4.74 Å². The van der Waals surface area contributed by atoms with Crippen molar-refractivity contribution in [3.05, 3.63) is 53.3 Å². The maximum atomic E-state index is 12.3. The molecule has 1 unspecified atom stereocenters. The summed E-state index contributed by atoms with van der Waals surface area (Å²) in [4.78, 5) is 19.9. The van der Waals surface area contributed by atoms with E-state index >= 15 is 0 Å². The molecule has 0 aliphatic carbocycles. The van der Waals surface area contributed by atoms with Crippen molar-refractivity contribution in [2.75, 3.05) is 13.7 Å². The molecule has 6 nitrogen and oxygen atoms in total. The van der Waals surface area contributed by atoms with E-state index in [2.05, 4.69) is 16.4 Å². The molecule has 1 fully saturated rings. The van der Waals surface area contributed by atoms with Gasteiger partial charge in [0, 0.05) is 36.8 Å². The Balaban J connectivity index is 1.29. The monoisotopic (exact) mass is 384 g/mol. The highest BCUT2D eigenvalue weighted by Crippen LogP contribution is 2.24. The number of methoxy groups -OCH3 is 1. The van der Waals surface area contributed by atoms with Gasteiger partial charge in [0.2, 0.25) is 5.91 Å². The number of hydrogen-bond donors (Lipinski definition) is 1. The Labute approximate surface area is 162 Å². The van der Waals surface area contributed by atoms with Gasteiger partial charge in [0.1, 0.15) is 5.75 Å². The number of rotatable bonds is 8. The SMILES string of the molecule is COc1cccc(CNCCC2CCC(=O)N2Cc2cn3ccsc3n2)c1. The number of carbonyl (C=O) groups is 1. The van der Waals surface area contributed by atoms with Crippen molar-refractivity contribution in [2.45, 2.75) is 38.4 Å². The number of aromatic nitrogens is 2. The van der Waals surface area contributed by atoms with Crippen LogP contribution in [0.5, 0.6) is 5.75 Å². The van der Waals surface area contributed by atoms with Crippen molar-refractivity contribution in [3.63, 3.8) is 0 Å². The van der Waals surface area contributed by atoms with Crippen molar-refractivity contribution < 1.29 is 9.53 Å².